The zero-order chi connectivity index (χ0) is 13.8. The molecule has 2 rings (SSSR count). The fourth-order valence-corrected chi connectivity index (χ4v) is 2.31. The van der Waals surface area contributed by atoms with Crippen LogP contribution in [0.1, 0.15) is 10.4 Å². The third-order valence-electron chi connectivity index (χ3n) is 2.38. The van der Waals surface area contributed by atoms with Gasteiger partial charge in [0.2, 0.25) is 5.88 Å². The van der Waals surface area contributed by atoms with Gasteiger partial charge in [0.1, 0.15) is 0 Å². The predicted octanol–water partition coefficient (Wildman–Crippen LogP) is 3.76. The summed E-state index contributed by atoms with van der Waals surface area (Å²) in [5.41, 5.74) is 1.09. The second-order valence-corrected chi connectivity index (χ2v) is 4.96. The maximum absolute atomic E-state index is 12.1. The van der Waals surface area contributed by atoms with Crippen molar-refractivity contribution in [3.63, 3.8) is 0 Å². The number of aromatic nitrogens is 1. The number of methoxy groups -OCH3 is 1. The van der Waals surface area contributed by atoms with Crippen LogP contribution in [0.25, 0.3) is 0 Å². The lowest BCUT2D eigenvalue weighted by molar-refractivity contribution is 0.102. The van der Waals surface area contributed by atoms with Gasteiger partial charge in [0, 0.05) is 15.6 Å². The second kappa shape index (κ2) is 6.04. The minimum Gasteiger partial charge on any atom is -0.481 e. The number of anilines is 1. The molecule has 4 nitrogen and oxygen atoms in total. The number of nitrogens with zero attached hydrogens (tertiary/aromatic N) is 1. The second-order valence-electron chi connectivity index (χ2n) is 3.67. The molecule has 2 aromatic rings. The summed E-state index contributed by atoms with van der Waals surface area (Å²) in [5.74, 6) is 0.251. The molecule has 0 aliphatic rings. The molecule has 0 fully saturated rings. The summed E-state index contributed by atoms with van der Waals surface area (Å²) in [6, 6.07) is 8.37. The van der Waals surface area contributed by atoms with E-state index in [0.717, 1.165) is 0 Å². The third kappa shape index (κ3) is 3.45. The summed E-state index contributed by atoms with van der Waals surface area (Å²) in [7, 11) is 1.53. The van der Waals surface area contributed by atoms with Gasteiger partial charge in [-0.05, 0) is 40.2 Å². The molecule has 0 aliphatic carbocycles. The Hall–Kier alpha value is -1.59. The van der Waals surface area contributed by atoms with Gasteiger partial charge >= 0.3 is 0 Å². The summed E-state index contributed by atoms with van der Waals surface area (Å²) in [5, 5.41) is 3.30. The van der Waals surface area contributed by atoms with E-state index in [1.165, 1.54) is 13.3 Å². The number of carbonyl (C=O) groups excluding carboxylic acids is 1. The van der Waals surface area contributed by atoms with Crippen molar-refractivity contribution in [2.45, 2.75) is 0 Å². The van der Waals surface area contributed by atoms with E-state index < -0.39 is 0 Å². The molecule has 98 valence electrons. The van der Waals surface area contributed by atoms with Crippen molar-refractivity contribution in [1.82, 2.24) is 4.98 Å². The first-order valence-electron chi connectivity index (χ1n) is 5.36. The van der Waals surface area contributed by atoms with Crippen molar-refractivity contribution in [3.05, 3.63) is 51.6 Å². The number of halogens is 2. The van der Waals surface area contributed by atoms with Gasteiger partial charge in [-0.25, -0.2) is 4.98 Å². The van der Waals surface area contributed by atoms with Crippen LogP contribution in [0.5, 0.6) is 5.88 Å². The summed E-state index contributed by atoms with van der Waals surface area (Å²) in [4.78, 5) is 16.1. The van der Waals surface area contributed by atoms with Crippen LogP contribution in [0.2, 0.25) is 5.02 Å². The Labute approximate surface area is 123 Å². The molecule has 1 aromatic heterocycles. The van der Waals surface area contributed by atoms with Crippen LogP contribution in [0.3, 0.4) is 0 Å². The molecule has 0 radical (unpaired) electrons. The molecule has 0 saturated carbocycles. The number of hydrogen-bond donors (Lipinski definition) is 1. The predicted molar refractivity (Wildman–Crippen MR) is 77.9 cm³/mol. The maximum atomic E-state index is 12.1. The SMILES string of the molecule is COc1ccc(NC(=O)c2ccc(Cl)cc2Br)cn1. The molecule has 0 aliphatic heterocycles. The quantitative estimate of drug-likeness (QED) is 0.925. The minimum atomic E-state index is -0.240. The first kappa shape index (κ1) is 13.8. The molecule has 0 unspecified atom stereocenters. The average molecular weight is 342 g/mol. The Morgan fingerprint density at radius 2 is 2.16 bits per heavy atom. The molecule has 0 atom stereocenters. The number of pyridine rings is 1. The van der Waals surface area contributed by atoms with Gasteiger partial charge in [-0.15, -0.1) is 0 Å². The zero-order valence-corrected chi connectivity index (χ0v) is 12.3. The van der Waals surface area contributed by atoms with Crippen molar-refractivity contribution in [1.29, 1.82) is 0 Å². The van der Waals surface area contributed by atoms with Gasteiger partial charge in [-0.3, -0.25) is 4.79 Å². The molecular formula is C13H10BrClN2O2. The average Bonchev–Trinajstić information content (AvgIpc) is 2.39. The Morgan fingerprint density at radius 3 is 2.74 bits per heavy atom. The van der Waals surface area contributed by atoms with Crippen molar-refractivity contribution >= 4 is 39.1 Å². The maximum Gasteiger partial charge on any atom is 0.256 e. The number of benzene rings is 1. The number of rotatable bonds is 3. The summed E-state index contributed by atoms with van der Waals surface area (Å²) < 4.78 is 5.58. The smallest absolute Gasteiger partial charge is 0.256 e. The van der Waals surface area contributed by atoms with Crippen LogP contribution in [0.15, 0.2) is 41.0 Å². The summed E-state index contributed by atoms with van der Waals surface area (Å²) >= 11 is 9.13. The Morgan fingerprint density at radius 1 is 1.37 bits per heavy atom. The van der Waals surface area contributed by atoms with Crippen LogP contribution in [-0.2, 0) is 0 Å². The first-order chi connectivity index (χ1) is 9.10. The number of amides is 1. The number of hydrogen-bond acceptors (Lipinski definition) is 3. The Balaban J connectivity index is 2.15. The highest BCUT2D eigenvalue weighted by Gasteiger charge is 2.10. The van der Waals surface area contributed by atoms with Crippen LogP contribution in [0, 0.1) is 0 Å². The monoisotopic (exact) mass is 340 g/mol. The number of ether oxygens (including phenoxy) is 1. The van der Waals surface area contributed by atoms with Crippen molar-refractivity contribution in [2.75, 3.05) is 12.4 Å². The Kier molecular flexibility index (Phi) is 4.39. The van der Waals surface area contributed by atoms with E-state index in [1.807, 2.05) is 0 Å². The van der Waals surface area contributed by atoms with Crippen LogP contribution < -0.4 is 10.1 Å². The third-order valence-corrected chi connectivity index (χ3v) is 3.27. The molecule has 0 bridgehead atoms. The topological polar surface area (TPSA) is 51.2 Å². The number of carbonyl (C=O) groups is 1. The molecule has 19 heavy (non-hydrogen) atoms. The van der Waals surface area contributed by atoms with E-state index >= 15 is 0 Å². The highest BCUT2D eigenvalue weighted by atomic mass is 79.9. The minimum absolute atomic E-state index is 0.240. The van der Waals surface area contributed by atoms with Crippen molar-refractivity contribution in [2.24, 2.45) is 0 Å². The normalized spacial score (nSPS) is 10.1. The molecule has 0 spiro atoms. The molecule has 1 N–H and O–H groups in total. The fraction of sp³-hybridized carbons (Fsp3) is 0.0769. The molecule has 1 heterocycles. The number of nitrogens with one attached hydrogen (secondary N) is 1. The van der Waals surface area contributed by atoms with Gasteiger partial charge in [-0.2, -0.15) is 0 Å². The molecule has 6 heteroatoms. The highest BCUT2D eigenvalue weighted by molar-refractivity contribution is 9.10. The van der Waals surface area contributed by atoms with E-state index in [9.17, 15) is 4.79 Å². The lowest BCUT2D eigenvalue weighted by Gasteiger charge is -2.07. The van der Waals surface area contributed by atoms with E-state index in [0.29, 0.717) is 26.6 Å². The molecular weight excluding hydrogens is 332 g/mol. The zero-order valence-electron chi connectivity index (χ0n) is 9.98. The van der Waals surface area contributed by atoms with Gasteiger partial charge in [0.15, 0.2) is 0 Å². The van der Waals surface area contributed by atoms with Crippen LogP contribution >= 0.6 is 27.5 Å². The van der Waals surface area contributed by atoms with E-state index in [-0.39, 0.29) is 5.91 Å². The van der Waals surface area contributed by atoms with Crippen LogP contribution in [0.4, 0.5) is 5.69 Å². The van der Waals surface area contributed by atoms with Crippen LogP contribution in [-0.4, -0.2) is 18.0 Å². The van der Waals surface area contributed by atoms with Gasteiger partial charge in [0.25, 0.3) is 5.91 Å². The van der Waals surface area contributed by atoms with Crippen molar-refractivity contribution < 1.29 is 9.53 Å². The fourth-order valence-electron chi connectivity index (χ4n) is 1.45. The summed E-state index contributed by atoms with van der Waals surface area (Å²) in [6.45, 7) is 0. The van der Waals surface area contributed by atoms with E-state index in [4.69, 9.17) is 16.3 Å². The van der Waals surface area contributed by atoms with E-state index in [1.54, 1.807) is 30.3 Å². The van der Waals surface area contributed by atoms with Crippen molar-refractivity contribution in [3.8, 4) is 5.88 Å². The summed E-state index contributed by atoms with van der Waals surface area (Å²) in [6.07, 6.45) is 1.53. The molecule has 0 saturated heterocycles. The molecule has 1 aromatic carbocycles. The van der Waals surface area contributed by atoms with Gasteiger partial charge in [0.05, 0.1) is 24.6 Å². The largest absolute Gasteiger partial charge is 0.481 e. The van der Waals surface area contributed by atoms with E-state index in [2.05, 4.69) is 26.2 Å². The standard InChI is InChI=1S/C13H10BrClN2O2/c1-19-12-5-3-9(7-16-12)17-13(18)10-4-2-8(15)6-11(10)14/h2-7H,1H3,(H,17,18). The Bertz CT molecular complexity index is 602. The molecule has 1 amide bonds. The lowest BCUT2D eigenvalue weighted by atomic mass is 10.2. The highest BCUT2D eigenvalue weighted by Crippen LogP contribution is 2.22. The lowest BCUT2D eigenvalue weighted by Crippen LogP contribution is -2.12. The van der Waals surface area contributed by atoms with Gasteiger partial charge in [-0.1, -0.05) is 11.6 Å². The van der Waals surface area contributed by atoms with Gasteiger partial charge < -0.3 is 10.1 Å². The first-order valence-corrected chi connectivity index (χ1v) is 6.53.